The van der Waals surface area contributed by atoms with Crippen molar-refractivity contribution in [2.24, 2.45) is 45.8 Å². The van der Waals surface area contributed by atoms with E-state index in [1.165, 1.54) is 57.8 Å². The van der Waals surface area contributed by atoms with Gasteiger partial charge in [0, 0.05) is 25.0 Å². The number of pyridine rings is 1. The van der Waals surface area contributed by atoms with Gasteiger partial charge in [0.2, 0.25) is 0 Å². The standard InChI is InChI=1S/C33H49NO4/c1-21(38-24-9-8-23(34-19-24)20-37-30-7-5-6-16-36-30)26-10-11-27-25-17-29(35-4)33-18-22(33)12-15-32(33,3)28(25)13-14-31(26,27)2/h8-9,19,21-22,25-30H,5-7,10-18,20H2,1-4H3/t21-,22+,25-,26+,27-,28-,29?,30?,31+,32+,33-/m0/s1. The van der Waals surface area contributed by atoms with Crippen LogP contribution in [0.4, 0.5) is 0 Å². The first kappa shape index (κ1) is 25.8. The molecule has 6 aliphatic rings. The molecule has 11 atom stereocenters. The fourth-order valence-electron chi connectivity index (χ4n) is 11.3. The number of hydrogen-bond donors (Lipinski definition) is 0. The van der Waals surface area contributed by atoms with Crippen molar-refractivity contribution in [1.82, 2.24) is 4.98 Å². The molecular formula is C33H49NO4. The molecular weight excluding hydrogens is 474 g/mol. The van der Waals surface area contributed by atoms with Crippen LogP contribution in [0.25, 0.3) is 0 Å². The number of rotatable bonds is 7. The molecule has 1 spiro atoms. The number of nitrogens with zero attached hydrogens (tertiary/aromatic N) is 1. The van der Waals surface area contributed by atoms with Gasteiger partial charge in [-0.15, -0.1) is 0 Å². The van der Waals surface area contributed by atoms with E-state index in [1.807, 2.05) is 19.4 Å². The Balaban J connectivity index is 1.01. The van der Waals surface area contributed by atoms with E-state index in [4.69, 9.17) is 18.9 Å². The van der Waals surface area contributed by atoms with Gasteiger partial charge in [-0.2, -0.15) is 0 Å². The maximum Gasteiger partial charge on any atom is 0.158 e. The normalized spacial score (nSPS) is 47.9. The van der Waals surface area contributed by atoms with E-state index >= 15 is 0 Å². The summed E-state index contributed by atoms with van der Waals surface area (Å²) in [5.41, 5.74) is 2.32. The van der Waals surface area contributed by atoms with Crippen LogP contribution in [0.1, 0.15) is 97.1 Å². The molecule has 5 heteroatoms. The third-order valence-corrected chi connectivity index (χ3v) is 13.1. The van der Waals surface area contributed by atoms with Gasteiger partial charge in [-0.25, -0.2) is 0 Å². The van der Waals surface area contributed by atoms with E-state index < -0.39 is 0 Å². The first-order valence-electron chi connectivity index (χ1n) is 15.8. The minimum Gasteiger partial charge on any atom is -0.489 e. The Morgan fingerprint density at radius 1 is 1.05 bits per heavy atom. The average molecular weight is 524 g/mol. The topological polar surface area (TPSA) is 49.8 Å². The largest absolute Gasteiger partial charge is 0.489 e. The van der Waals surface area contributed by atoms with Crippen molar-refractivity contribution in [2.45, 2.75) is 117 Å². The predicted molar refractivity (Wildman–Crippen MR) is 147 cm³/mol. The van der Waals surface area contributed by atoms with Crippen molar-refractivity contribution >= 4 is 0 Å². The summed E-state index contributed by atoms with van der Waals surface area (Å²) in [6, 6.07) is 4.12. The van der Waals surface area contributed by atoms with Gasteiger partial charge in [-0.05, 0) is 124 Å². The van der Waals surface area contributed by atoms with Gasteiger partial charge >= 0.3 is 0 Å². The zero-order valence-corrected chi connectivity index (χ0v) is 24.1. The molecule has 0 bridgehead atoms. The molecule has 5 aliphatic carbocycles. The number of hydrogen-bond acceptors (Lipinski definition) is 5. The van der Waals surface area contributed by atoms with E-state index in [0.717, 1.165) is 54.6 Å². The Hall–Kier alpha value is -1.17. The van der Waals surface area contributed by atoms with Gasteiger partial charge in [0.25, 0.3) is 0 Å². The van der Waals surface area contributed by atoms with Crippen LogP contribution in [0.5, 0.6) is 5.75 Å². The number of aromatic nitrogens is 1. The molecule has 1 saturated heterocycles. The Labute approximate surface area is 229 Å². The second-order valence-corrected chi connectivity index (χ2v) is 14.4. The Bertz CT molecular complexity index is 1010. The highest BCUT2D eigenvalue weighted by atomic mass is 16.7. The van der Waals surface area contributed by atoms with Crippen molar-refractivity contribution in [1.29, 1.82) is 0 Å². The van der Waals surface area contributed by atoms with Crippen molar-refractivity contribution < 1.29 is 18.9 Å². The van der Waals surface area contributed by atoms with Gasteiger partial charge in [0.15, 0.2) is 6.29 Å². The third-order valence-electron chi connectivity index (χ3n) is 13.1. The molecule has 2 heterocycles. The molecule has 1 aromatic rings. The van der Waals surface area contributed by atoms with Gasteiger partial charge < -0.3 is 18.9 Å². The second kappa shape index (κ2) is 9.45. The zero-order chi connectivity index (χ0) is 26.1. The number of methoxy groups -OCH3 is 1. The highest BCUT2D eigenvalue weighted by Crippen LogP contribution is 2.82. The summed E-state index contributed by atoms with van der Waals surface area (Å²) in [5.74, 6) is 4.95. The predicted octanol–water partition coefficient (Wildman–Crippen LogP) is 7.18. The highest BCUT2D eigenvalue weighted by Gasteiger charge is 2.77. The average Bonchev–Trinajstić information content (AvgIpc) is 3.44. The molecule has 38 heavy (non-hydrogen) atoms. The fourth-order valence-corrected chi connectivity index (χ4v) is 11.3. The van der Waals surface area contributed by atoms with Gasteiger partial charge in [0.05, 0.1) is 30.7 Å². The van der Waals surface area contributed by atoms with Crippen LogP contribution < -0.4 is 4.74 Å². The van der Waals surface area contributed by atoms with Crippen molar-refractivity contribution in [2.75, 3.05) is 13.7 Å². The SMILES string of the molecule is COC1C[C@H]2[C@@H]3CC[C@H]([C@H](C)Oc4ccc(COC5CCCCO5)nc4)[C@@]3(C)CC[C@@H]2[C@@]2(C)CC[C@@H]3C[C@@]132. The van der Waals surface area contributed by atoms with Crippen molar-refractivity contribution in [3.8, 4) is 5.75 Å². The molecule has 1 aromatic heterocycles. The number of fused-ring (bicyclic) bond motifs is 4. The maximum atomic E-state index is 6.60. The third kappa shape index (κ3) is 3.77. The molecule has 0 radical (unpaired) electrons. The lowest BCUT2D eigenvalue weighted by Gasteiger charge is -2.61. The fraction of sp³-hybridized carbons (Fsp3) is 0.848. The summed E-state index contributed by atoms with van der Waals surface area (Å²) < 4.78 is 24.5. The van der Waals surface area contributed by atoms with E-state index in [-0.39, 0.29) is 12.4 Å². The van der Waals surface area contributed by atoms with E-state index in [9.17, 15) is 0 Å². The zero-order valence-electron chi connectivity index (χ0n) is 24.1. The summed E-state index contributed by atoms with van der Waals surface area (Å²) in [5, 5.41) is 0. The molecule has 0 N–H and O–H groups in total. The monoisotopic (exact) mass is 523 g/mol. The van der Waals surface area contributed by atoms with E-state index in [2.05, 4.69) is 31.8 Å². The van der Waals surface area contributed by atoms with Crippen LogP contribution in [-0.4, -0.2) is 37.2 Å². The molecule has 210 valence electrons. The maximum absolute atomic E-state index is 6.60. The lowest BCUT2D eigenvalue weighted by Crippen LogP contribution is -2.57. The molecule has 6 fully saturated rings. The molecule has 0 amide bonds. The molecule has 0 aromatic carbocycles. The smallest absolute Gasteiger partial charge is 0.158 e. The van der Waals surface area contributed by atoms with Crippen LogP contribution in [0, 0.1) is 45.8 Å². The van der Waals surface area contributed by atoms with Crippen LogP contribution in [0.15, 0.2) is 18.3 Å². The minimum atomic E-state index is -0.0801. The van der Waals surface area contributed by atoms with E-state index in [1.54, 1.807) is 0 Å². The van der Waals surface area contributed by atoms with Crippen LogP contribution in [0.3, 0.4) is 0 Å². The number of ether oxygens (including phenoxy) is 4. The van der Waals surface area contributed by atoms with Gasteiger partial charge in [-0.1, -0.05) is 13.8 Å². The summed E-state index contributed by atoms with van der Waals surface area (Å²) in [6.45, 7) is 8.89. The second-order valence-electron chi connectivity index (χ2n) is 14.4. The quantitative estimate of drug-likeness (QED) is 0.379. The highest BCUT2D eigenvalue weighted by molar-refractivity contribution is 5.26. The lowest BCUT2D eigenvalue weighted by molar-refractivity contribution is -0.169. The Morgan fingerprint density at radius 2 is 1.95 bits per heavy atom. The van der Waals surface area contributed by atoms with Crippen LogP contribution >= 0.6 is 0 Å². The van der Waals surface area contributed by atoms with Crippen molar-refractivity contribution in [3.63, 3.8) is 0 Å². The first-order valence-corrected chi connectivity index (χ1v) is 15.8. The summed E-state index contributed by atoms with van der Waals surface area (Å²) in [4.78, 5) is 4.64. The van der Waals surface area contributed by atoms with Crippen LogP contribution in [0.2, 0.25) is 0 Å². The molecule has 5 saturated carbocycles. The molecule has 1 aliphatic heterocycles. The van der Waals surface area contributed by atoms with Crippen molar-refractivity contribution in [3.05, 3.63) is 24.0 Å². The summed E-state index contributed by atoms with van der Waals surface area (Å²) >= 11 is 0. The Morgan fingerprint density at radius 3 is 2.68 bits per heavy atom. The minimum absolute atomic E-state index is 0.0801. The van der Waals surface area contributed by atoms with E-state index in [0.29, 0.717) is 34.9 Å². The van der Waals surface area contributed by atoms with Gasteiger partial charge in [0.1, 0.15) is 5.75 Å². The van der Waals surface area contributed by atoms with Gasteiger partial charge in [-0.3, -0.25) is 4.98 Å². The molecule has 2 unspecified atom stereocenters. The lowest BCUT2D eigenvalue weighted by atomic mass is 9.45. The molecule has 5 nitrogen and oxygen atoms in total. The first-order chi connectivity index (χ1) is 18.4. The summed E-state index contributed by atoms with van der Waals surface area (Å²) in [7, 11) is 2.00. The summed E-state index contributed by atoms with van der Waals surface area (Å²) in [6.07, 6.45) is 16.8. The molecule has 7 rings (SSSR count). The van der Waals surface area contributed by atoms with Crippen LogP contribution in [-0.2, 0) is 20.8 Å². The Kier molecular flexibility index (Phi) is 6.41.